The first-order valence-electron chi connectivity index (χ1n) is 5.70. The van der Waals surface area contributed by atoms with Crippen LogP contribution in [0.25, 0.3) is 0 Å². The maximum atomic E-state index is 12.3. The molecule has 0 aromatic heterocycles. The van der Waals surface area contributed by atoms with Crippen molar-refractivity contribution in [3.63, 3.8) is 0 Å². The molecule has 0 saturated heterocycles. The molecule has 0 aliphatic rings. The third-order valence-corrected chi connectivity index (χ3v) is 2.52. The predicted octanol–water partition coefficient (Wildman–Crippen LogP) is 2.18. The highest BCUT2D eigenvalue weighted by Crippen LogP contribution is 2.24. The topological polar surface area (TPSA) is 61.8 Å². The van der Waals surface area contributed by atoms with Crippen molar-refractivity contribution in [2.75, 3.05) is 14.2 Å². The van der Waals surface area contributed by atoms with Crippen molar-refractivity contribution in [2.45, 2.75) is 19.5 Å². The molecule has 0 aliphatic carbocycles. The van der Waals surface area contributed by atoms with Crippen LogP contribution in [0.5, 0.6) is 5.75 Å². The summed E-state index contributed by atoms with van der Waals surface area (Å²) in [6, 6.07) is 3.91. The van der Waals surface area contributed by atoms with Crippen LogP contribution in [0.4, 0.5) is 8.78 Å². The quantitative estimate of drug-likeness (QED) is 0.751. The number of hydrogen-bond acceptors (Lipinski definition) is 5. The van der Waals surface area contributed by atoms with Crippen LogP contribution in [0.1, 0.15) is 22.3 Å². The Morgan fingerprint density at radius 3 is 2.45 bits per heavy atom. The largest absolute Gasteiger partial charge is 0.469 e. The van der Waals surface area contributed by atoms with Gasteiger partial charge in [-0.05, 0) is 30.2 Å². The van der Waals surface area contributed by atoms with Gasteiger partial charge in [0.05, 0.1) is 19.8 Å². The first kappa shape index (κ1) is 15.9. The van der Waals surface area contributed by atoms with Crippen LogP contribution in [0.3, 0.4) is 0 Å². The molecule has 0 bridgehead atoms. The van der Waals surface area contributed by atoms with Crippen LogP contribution < -0.4 is 4.74 Å². The number of aryl methyl sites for hydroxylation is 1. The van der Waals surface area contributed by atoms with E-state index in [1.54, 1.807) is 0 Å². The summed E-state index contributed by atoms with van der Waals surface area (Å²) in [4.78, 5) is 22.5. The molecule has 0 spiro atoms. The fraction of sp³-hybridized carbons (Fsp3) is 0.385. The SMILES string of the molecule is COC(=O)CCc1cc(C(=O)OC)ccc1OC(F)F. The molecule has 20 heavy (non-hydrogen) atoms. The van der Waals surface area contributed by atoms with Crippen LogP contribution in [-0.4, -0.2) is 32.8 Å². The van der Waals surface area contributed by atoms with Gasteiger partial charge >= 0.3 is 18.6 Å². The molecule has 5 nitrogen and oxygen atoms in total. The number of carbonyl (C=O) groups excluding carboxylic acids is 2. The van der Waals surface area contributed by atoms with Gasteiger partial charge in [0.2, 0.25) is 0 Å². The lowest BCUT2D eigenvalue weighted by molar-refractivity contribution is -0.140. The normalized spacial score (nSPS) is 10.2. The summed E-state index contributed by atoms with van der Waals surface area (Å²) in [7, 11) is 2.43. The number of halogens is 2. The highest BCUT2D eigenvalue weighted by Gasteiger charge is 2.15. The summed E-state index contributed by atoms with van der Waals surface area (Å²) >= 11 is 0. The van der Waals surface area contributed by atoms with Gasteiger partial charge in [-0.25, -0.2) is 4.79 Å². The van der Waals surface area contributed by atoms with E-state index in [1.165, 1.54) is 32.4 Å². The Kier molecular flexibility index (Phi) is 5.89. The zero-order chi connectivity index (χ0) is 15.1. The third kappa shape index (κ3) is 4.49. The standard InChI is InChI=1S/C13H14F2O5/c1-18-11(16)6-4-8-7-9(12(17)19-2)3-5-10(8)20-13(14)15/h3,5,7,13H,4,6H2,1-2H3. The van der Waals surface area contributed by atoms with Crippen molar-refractivity contribution in [2.24, 2.45) is 0 Å². The Morgan fingerprint density at radius 1 is 1.20 bits per heavy atom. The average Bonchev–Trinajstić information content (AvgIpc) is 2.44. The van der Waals surface area contributed by atoms with Gasteiger partial charge in [0.1, 0.15) is 5.75 Å². The molecule has 0 atom stereocenters. The minimum atomic E-state index is -2.99. The fourth-order valence-corrected chi connectivity index (χ4v) is 1.57. The fourth-order valence-electron chi connectivity index (χ4n) is 1.57. The molecule has 1 aromatic carbocycles. The Balaban J connectivity index is 2.99. The number of benzene rings is 1. The number of ether oxygens (including phenoxy) is 3. The Hall–Kier alpha value is -2.18. The molecule has 0 fully saturated rings. The molecule has 0 radical (unpaired) electrons. The molecule has 0 N–H and O–H groups in total. The van der Waals surface area contributed by atoms with E-state index in [9.17, 15) is 18.4 Å². The number of methoxy groups -OCH3 is 2. The van der Waals surface area contributed by atoms with Gasteiger partial charge in [-0.2, -0.15) is 8.78 Å². The monoisotopic (exact) mass is 288 g/mol. The molecule has 0 unspecified atom stereocenters. The van der Waals surface area contributed by atoms with E-state index < -0.39 is 18.6 Å². The minimum Gasteiger partial charge on any atom is -0.469 e. The lowest BCUT2D eigenvalue weighted by Crippen LogP contribution is -2.09. The zero-order valence-electron chi connectivity index (χ0n) is 11.0. The summed E-state index contributed by atoms with van der Waals surface area (Å²) in [5.41, 5.74) is 0.493. The van der Waals surface area contributed by atoms with Crippen LogP contribution in [0, 0.1) is 0 Å². The van der Waals surface area contributed by atoms with Crippen molar-refractivity contribution in [1.82, 2.24) is 0 Å². The summed E-state index contributed by atoms with van der Waals surface area (Å²) in [6.07, 6.45) is 0.0975. The third-order valence-electron chi connectivity index (χ3n) is 2.52. The van der Waals surface area contributed by atoms with E-state index >= 15 is 0 Å². The molecular weight excluding hydrogens is 274 g/mol. The lowest BCUT2D eigenvalue weighted by Gasteiger charge is -2.11. The van der Waals surface area contributed by atoms with Gasteiger partial charge in [-0.15, -0.1) is 0 Å². The second-order valence-electron chi connectivity index (χ2n) is 3.77. The highest BCUT2D eigenvalue weighted by molar-refractivity contribution is 5.89. The second-order valence-corrected chi connectivity index (χ2v) is 3.77. The second kappa shape index (κ2) is 7.42. The van der Waals surface area contributed by atoms with E-state index in [4.69, 9.17) is 0 Å². The van der Waals surface area contributed by atoms with Crippen LogP contribution in [0.15, 0.2) is 18.2 Å². The van der Waals surface area contributed by atoms with E-state index in [0.717, 1.165) is 0 Å². The van der Waals surface area contributed by atoms with E-state index in [2.05, 4.69) is 14.2 Å². The maximum Gasteiger partial charge on any atom is 0.387 e. The van der Waals surface area contributed by atoms with Crippen LogP contribution >= 0.6 is 0 Å². The molecule has 110 valence electrons. The van der Waals surface area contributed by atoms with Gasteiger partial charge in [0.15, 0.2) is 0 Å². The Bertz CT molecular complexity index is 488. The first-order chi connectivity index (χ1) is 9.47. The number of alkyl halides is 2. The van der Waals surface area contributed by atoms with Crippen molar-refractivity contribution in [3.8, 4) is 5.75 Å². The zero-order valence-corrected chi connectivity index (χ0v) is 11.0. The van der Waals surface area contributed by atoms with Crippen molar-refractivity contribution in [3.05, 3.63) is 29.3 Å². The van der Waals surface area contributed by atoms with Gasteiger partial charge in [0.25, 0.3) is 0 Å². The first-order valence-corrected chi connectivity index (χ1v) is 5.70. The van der Waals surface area contributed by atoms with E-state index in [0.29, 0.717) is 5.56 Å². The van der Waals surface area contributed by atoms with Gasteiger partial charge in [-0.1, -0.05) is 0 Å². The molecular formula is C13H14F2O5. The molecule has 1 rings (SSSR count). The smallest absolute Gasteiger partial charge is 0.387 e. The molecule has 0 amide bonds. The lowest BCUT2D eigenvalue weighted by atomic mass is 10.0. The summed E-state index contributed by atoms with van der Waals surface area (Å²) in [5.74, 6) is -1.18. The van der Waals surface area contributed by atoms with Crippen molar-refractivity contribution < 1.29 is 32.6 Å². The van der Waals surface area contributed by atoms with E-state index in [1.807, 2.05) is 0 Å². The molecule has 1 aromatic rings. The highest BCUT2D eigenvalue weighted by atomic mass is 19.3. The number of hydrogen-bond donors (Lipinski definition) is 0. The Labute approximate surface area is 114 Å². The van der Waals surface area contributed by atoms with Crippen LogP contribution in [0.2, 0.25) is 0 Å². The maximum absolute atomic E-state index is 12.3. The van der Waals surface area contributed by atoms with Crippen molar-refractivity contribution in [1.29, 1.82) is 0 Å². The van der Waals surface area contributed by atoms with Crippen LogP contribution in [-0.2, 0) is 20.7 Å². The molecule has 0 aliphatic heterocycles. The van der Waals surface area contributed by atoms with Crippen molar-refractivity contribution >= 4 is 11.9 Å². The number of esters is 2. The summed E-state index contributed by atoms with van der Waals surface area (Å²) in [5, 5.41) is 0. The summed E-state index contributed by atoms with van der Waals surface area (Å²) < 4.78 is 37.9. The van der Waals surface area contributed by atoms with Gasteiger partial charge < -0.3 is 14.2 Å². The molecule has 0 heterocycles. The molecule has 7 heteroatoms. The summed E-state index contributed by atoms with van der Waals surface area (Å²) in [6.45, 7) is -2.99. The number of rotatable bonds is 6. The minimum absolute atomic E-state index is 0.0132. The van der Waals surface area contributed by atoms with Gasteiger partial charge in [0, 0.05) is 6.42 Å². The predicted molar refractivity (Wildman–Crippen MR) is 64.8 cm³/mol. The number of carbonyl (C=O) groups is 2. The Morgan fingerprint density at radius 2 is 1.90 bits per heavy atom. The van der Waals surface area contributed by atoms with E-state index in [-0.39, 0.29) is 24.2 Å². The average molecular weight is 288 g/mol. The molecule has 0 saturated carbocycles. The van der Waals surface area contributed by atoms with Gasteiger partial charge in [-0.3, -0.25) is 4.79 Å².